The molecule has 29 heavy (non-hydrogen) atoms. The number of nitrogens with one attached hydrogen (secondary N) is 1. The van der Waals surface area contributed by atoms with Gasteiger partial charge in [-0.2, -0.15) is 0 Å². The van der Waals surface area contributed by atoms with Gasteiger partial charge < -0.3 is 4.42 Å². The molecular formula is C25H23N3O. The third kappa shape index (κ3) is 4.68. The molecule has 0 saturated heterocycles. The first-order valence-corrected chi connectivity index (χ1v) is 9.70. The third-order valence-corrected chi connectivity index (χ3v) is 4.72. The van der Waals surface area contributed by atoms with E-state index in [0.29, 0.717) is 18.3 Å². The average molecular weight is 381 g/mol. The third-order valence-electron chi connectivity index (χ3n) is 4.72. The minimum atomic E-state index is -0.165. The largest absolute Gasteiger partial charge is 0.423 e. The predicted molar refractivity (Wildman–Crippen MR) is 115 cm³/mol. The van der Waals surface area contributed by atoms with Crippen molar-refractivity contribution in [2.45, 2.75) is 13.0 Å². The van der Waals surface area contributed by atoms with Crippen LogP contribution < -0.4 is 5.32 Å². The summed E-state index contributed by atoms with van der Waals surface area (Å²) in [4.78, 5) is 0. The van der Waals surface area contributed by atoms with Gasteiger partial charge in [0.05, 0.1) is 0 Å². The Kier molecular flexibility index (Phi) is 5.93. The number of aromatic nitrogens is 2. The van der Waals surface area contributed by atoms with Crippen LogP contribution in [0.4, 0.5) is 0 Å². The van der Waals surface area contributed by atoms with E-state index in [4.69, 9.17) is 4.42 Å². The van der Waals surface area contributed by atoms with Gasteiger partial charge in [-0.15, -0.1) is 10.2 Å². The number of hydrogen-bond donors (Lipinski definition) is 1. The molecule has 0 bridgehead atoms. The van der Waals surface area contributed by atoms with Gasteiger partial charge in [0.15, 0.2) is 0 Å². The number of benzene rings is 3. The van der Waals surface area contributed by atoms with Crippen molar-refractivity contribution >= 4 is 5.57 Å². The summed E-state index contributed by atoms with van der Waals surface area (Å²) in [6, 6.07) is 30.9. The second kappa shape index (κ2) is 9.13. The summed E-state index contributed by atoms with van der Waals surface area (Å²) in [5.41, 5.74) is 4.65. The fraction of sp³-hybridized carbons (Fsp3) is 0.120. The van der Waals surface area contributed by atoms with Crippen LogP contribution in [0.2, 0.25) is 0 Å². The van der Waals surface area contributed by atoms with E-state index in [1.165, 1.54) is 16.7 Å². The number of hydrogen-bond acceptors (Lipinski definition) is 4. The van der Waals surface area contributed by atoms with E-state index in [2.05, 4.69) is 82.3 Å². The Bertz CT molecular complexity index is 1020. The molecule has 1 heterocycles. The molecular weight excluding hydrogens is 358 g/mol. The van der Waals surface area contributed by atoms with Crippen LogP contribution in [0.15, 0.2) is 101 Å². The molecule has 0 radical (unpaired) electrons. The Morgan fingerprint density at radius 2 is 1.38 bits per heavy atom. The Morgan fingerprint density at radius 3 is 1.90 bits per heavy atom. The number of rotatable bonds is 7. The highest BCUT2D eigenvalue weighted by Crippen LogP contribution is 2.24. The van der Waals surface area contributed by atoms with Gasteiger partial charge in [-0.3, -0.25) is 5.32 Å². The molecule has 144 valence electrons. The molecule has 0 amide bonds. The van der Waals surface area contributed by atoms with Crippen LogP contribution >= 0.6 is 0 Å². The zero-order valence-electron chi connectivity index (χ0n) is 16.3. The topological polar surface area (TPSA) is 51.0 Å². The number of nitrogens with zero attached hydrogens (tertiary/aromatic N) is 2. The Balaban J connectivity index is 1.62. The molecule has 0 spiro atoms. The van der Waals surface area contributed by atoms with E-state index in [1.807, 2.05) is 30.3 Å². The van der Waals surface area contributed by atoms with Crippen molar-refractivity contribution < 1.29 is 4.42 Å². The molecule has 1 atom stereocenters. The van der Waals surface area contributed by atoms with Crippen molar-refractivity contribution in [2.24, 2.45) is 0 Å². The van der Waals surface area contributed by atoms with E-state index in [1.54, 1.807) is 6.92 Å². The van der Waals surface area contributed by atoms with Gasteiger partial charge in [-0.1, -0.05) is 97.1 Å². The summed E-state index contributed by atoms with van der Waals surface area (Å²) in [6.07, 6.45) is 2.21. The van der Waals surface area contributed by atoms with Crippen LogP contribution in [-0.4, -0.2) is 16.7 Å². The van der Waals surface area contributed by atoms with Crippen molar-refractivity contribution in [3.05, 3.63) is 126 Å². The minimum absolute atomic E-state index is 0.165. The fourth-order valence-electron chi connectivity index (χ4n) is 3.34. The lowest BCUT2D eigenvalue weighted by Crippen LogP contribution is -2.23. The second-order valence-electron chi connectivity index (χ2n) is 6.76. The van der Waals surface area contributed by atoms with Crippen molar-refractivity contribution in [3.63, 3.8) is 0 Å². The lowest BCUT2D eigenvalue weighted by atomic mass is 9.97. The lowest BCUT2D eigenvalue weighted by molar-refractivity contribution is 0.423. The molecule has 4 rings (SSSR count). The normalized spacial score (nSPS) is 11.8. The summed E-state index contributed by atoms with van der Waals surface area (Å²) in [6.45, 7) is 2.46. The monoisotopic (exact) mass is 381 g/mol. The Hall–Kier alpha value is -3.50. The van der Waals surface area contributed by atoms with Gasteiger partial charge in [0, 0.05) is 13.5 Å². The smallest absolute Gasteiger partial charge is 0.237 e. The van der Waals surface area contributed by atoms with Gasteiger partial charge in [0.1, 0.15) is 6.04 Å². The van der Waals surface area contributed by atoms with Crippen molar-refractivity contribution in [1.82, 2.24) is 15.5 Å². The van der Waals surface area contributed by atoms with Gasteiger partial charge in [0.25, 0.3) is 0 Å². The van der Waals surface area contributed by atoms with Crippen molar-refractivity contribution in [3.8, 4) is 0 Å². The molecule has 0 saturated carbocycles. The molecule has 4 nitrogen and oxygen atoms in total. The van der Waals surface area contributed by atoms with E-state index < -0.39 is 0 Å². The van der Waals surface area contributed by atoms with E-state index in [-0.39, 0.29) is 6.04 Å². The maximum absolute atomic E-state index is 5.72. The van der Waals surface area contributed by atoms with Crippen LogP contribution in [0.3, 0.4) is 0 Å². The molecule has 1 aromatic heterocycles. The maximum atomic E-state index is 5.72. The summed E-state index contributed by atoms with van der Waals surface area (Å²) < 4.78 is 5.72. The molecule has 0 aliphatic rings. The average Bonchev–Trinajstić information content (AvgIpc) is 3.21. The molecule has 0 unspecified atom stereocenters. The Labute approximate surface area is 170 Å². The first-order chi connectivity index (χ1) is 14.3. The molecule has 3 aromatic carbocycles. The fourth-order valence-corrected chi connectivity index (χ4v) is 3.34. The zero-order valence-corrected chi connectivity index (χ0v) is 16.3. The van der Waals surface area contributed by atoms with E-state index in [9.17, 15) is 0 Å². The SMILES string of the molecule is Cc1nnc([C@H](NCC=C(c2ccccc2)c2ccccc2)c2ccccc2)o1. The molecule has 1 N–H and O–H groups in total. The zero-order chi connectivity index (χ0) is 19.9. The van der Waals surface area contributed by atoms with Crippen LogP contribution in [0.1, 0.15) is 34.5 Å². The highest BCUT2D eigenvalue weighted by molar-refractivity contribution is 5.79. The van der Waals surface area contributed by atoms with Crippen molar-refractivity contribution in [2.75, 3.05) is 6.54 Å². The number of aryl methyl sites for hydroxylation is 1. The van der Waals surface area contributed by atoms with E-state index in [0.717, 1.165) is 5.56 Å². The summed E-state index contributed by atoms with van der Waals surface area (Å²) >= 11 is 0. The van der Waals surface area contributed by atoms with Crippen LogP contribution in [0.5, 0.6) is 0 Å². The summed E-state index contributed by atoms with van der Waals surface area (Å²) in [7, 11) is 0. The van der Waals surface area contributed by atoms with Crippen LogP contribution in [0, 0.1) is 6.92 Å². The predicted octanol–water partition coefficient (Wildman–Crippen LogP) is 5.19. The first-order valence-electron chi connectivity index (χ1n) is 9.70. The summed E-state index contributed by atoms with van der Waals surface area (Å²) in [5, 5.41) is 11.8. The molecule has 0 fully saturated rings. The standard InChI is InChI=1S/C25H23N3O/c1-19-27-28-25(29-19)24(22-15-9-4-10-16-22)26-18-17-23(20-11-5-2-6-12-20)21-13-7-3-8-14-21/h2-17,24,26H,18H2,1H3/t24-/m1/s1. The van der Waals surface area contributed by atoms with Gasteiger partial charge in [0.2, 0.25) is 11.8 Å². The molecule has 0 aliphatic carbocycles. The first kappa shape index (κ1) is 18.8. The van der Waals surface area contributed by atoms with Crippen LogP contribution in [0.25, 0.3) is 5.57 Å². The second-order valence-corrected chi connectivity index (χ2v) is 6.76. The van der Waals surface area contributed by atoms with Gasteiger partial charge in [-0.05, 0) is 22.3 Å². The van der Waals surface area contributed by atoms with Gasteiger partial charge in [-0.25, -0.2) is 0 Å². The molecule has 4 heteroatoms. The molecule has 4 aromatic rings. The highest BCUT2D eigenvalue weighted by Gasteiger charge is 2.19. The highest BCUT2D eigenvalue weighted by atomic mass is 16.4. The van der Waals surface area contributed by atoms with E-state index >= 15 is 0 Å². The maximum Gasteiger partial charge on any atom is 0.237 e. The van der Waals surface area contributed by atoms with Gasteiger partial charge >= 0.3 is 0 Å². The lowest BCUT2D eigenvalue weighted by Gasteiger charge is -2.15. The quantitative estimate of drug-likeness (QED) is 0.479. The van der Waals surface area contributed by atoms with Crippen LogP contribution in [-0.2, 0) is 0 Å². The van der Waals surface area contributed by atoms with Crippen molar-refractivity contribution in [1.29, 1.82) is 0 Å². The minimum Gasteiger partial charge on any atom is -0.423 e. The molecule has 0 aliphatic heterocycles. The Morgan fingerprint density at radius 1 is 0.828 bits per heavy atom. The summed E-state index contributed by atoms with van der Waals surface area (Å²) in [5.74, 6) is 1.13.